The van der Waals surface area contributed by atoms with Crippen LogP contribution in [0.3, 0.4) is 0 Å². The molecule has 0 saturated carbocycles. The lowest BCUT2D eigenvalue weighted by atomic mass is 9.99. The zero-order chi connectivity index (χ0) is 14.8. The van der Waals surface area contributed by atoms with E-state index in [4.69, 9.17) is 0 Å². The molecule has 0 radical (unpaired) electrons. The number of rotatable bonds is 3. The van der Waals surface area contributed by atoms with Crippen LogP contribution in [0.1, 0.15) is 37.3 Å². The molecule has 3 rings (SSSR count). The van der Waals surface area contributed by atoms with Gasteiger partial charge in [0.25, 0.3) is 0 Å². The molecule has 0 spiro atoms. The molecule has 3 nitrogen and oxygen atoms in total. The molecule has 2 saturated heterocycles. The molecular weight excluding hydrogens is 258 g/mol. The van der Waals surface area contributed by atoms with Gasteiger partial charge in [0.05, 0.1) is 0 Å². The van der Waals surface area contributed by atoms with Crippen LogP contribution in [-0.4, -0.2) is 56.6 Å². The minimum absolute atomic E-state index is 0.602. The molecule has 2 unspecified atom stereocenters. The Hall–Kier alpha value is -1.06. The molecule has 2 atom stereocenters. The van der Waals surface area contributed by atoms with E-state index in [0.29, 0.717) is 12.1 Å². The molecule has 0 N–H and O–H groups in total. The van der Waals surface area contributed by atoms with E-state index in [9.17, 15) is 0 Å². The summed E-state index contributed by atoms with van der Waals surface area (Å²) >= 11 is 0. The Kier molecular flexibility index (Phi) is 4.51. The summed E-state index contributed by atoms with van der Waals surface area (Å²) in [5.41, 5.74) is 2.96. The Labute approximate surface area is 129 Å². The number of anilines is 1. The third-order valence-electron chi connectivity index (χ3n) is 5.34. The number of likely N-dealkylation sites (N-methyl/N-ethyl adjacent to an activating group) is 2. The fourth-order valence-electron chi connectivity index (χ4n) is 4.05. The van der Waals surface area contributed by atoms with Crippen molar-refractivity contribution in [1.29, 1.82) is 0 Å². The van der Waals surface area contributed by atoms with Gasteiger partial charge in [-0.15, -0.1) is 0 Å². The molecule has 116 valence electrons. The highest BCUT2D eigenvalue weighted by atomic mass is 15.2. The Bertz CT molecular complexity index is 473. The second kappa shape index (κ2) is 6.37. The lowest BCUT2D eigenvalue weighted by Gasteiger charge is -2.38. The van der Waals surface area contributed by atoms with Gasteiger partial charge in [-0.05, 0) is 64.5 Å². The van der Waals surface area contributed by atoms with E-state index in [1.54, 1.807) is 0 Å². The van der Waals surface area contributed by atoms with Gasteiger partial charge in [-0.1, -0.05) is 18.2 Å². The van der Waals surface area contributed by atoms with Crippen molar-refractivity contribution in [3.8, 4) is 0 Å². The van der Waals surface area contributed by atoms with Crippen LogP contribution < -0.4 is 4.90 Å². The molecule has 1 aromatic rings. The number of para-hydroxylation sites is 1. The Morgan fingerprint density at radius 1 is 1.05 bits per heavy atom. The third kappa shape index (κ3) is 3.09. The van der Waals surface area contributed by atoms with Gasteiger partial charge in [-0.25, -0.2) is 0 Å². The van der Waals surface area contributed by atoms with E-state index >= 15 is 0 Å². The molecule has 0 aliphatic carbocycles. The normalized spacial score (nSPS) is 28.0. The summed E-state index contributed by atoms with van der Waals surface area (Å²) in [6.07, 6.45) is 5.25. The second-order valence-corrected chi connectivity index (χ2v) is 6.87. The van der Waals surface area contributed by atoms with Gasteiger partial charge >= 0.3 is 0 Å². The summed E-state index contributed by atoms with van der Waals surface area (Å²) in [4.78, 5) is 7.52. The van der Waals surface area contributed by atoms with Gasteiger partial charge in [0.15, 0.2) is 0 Å². The lowest BCUT2D eigenvalue weighted by molar-refractivity contribution is 0.247. The van der Waals surface area contributed by atoms with E-state index in [1.807, 2.05) is 0 Å². The molecule has 2 heterocycles. The summed E-state index contributed by atoms with van der Waals surface area (Å²) in [7, 11) is 6.80. The first-order valence-electron chi connectivity index (χ1n) is 8.37. The van der Waals surface area contributed by atoms with Crippen LogP contribution in [0.15, 0.2) is 24.3 Å². The van der Waals surface area contributed by atoms with Crippen molar-refractivity contribution >= 4 is 5.69 Å². The third-order valence-corrected chi connectivity index (χ3v) is 5.34. The minimum Gasteiger partial charge on any atom is -0.370 e. The van der Waals surface area contributed by atoms with E-state index < -0.39 is 0 Å². The maximum Gasteiger partial charge on any atom is 0.0415 e. The number of hydrogen-bond acceptors (Lipinski definition) is 3. The first-order valence-corrected chi connectivity index (χ1v) is 8.37. The highest BCUT2D eigenvalue weighted by molar-refractivity contribution is 5.55. The van der Waals surface area contributed by atoms with Crippen molar-refractivity contribution in [2.75, 3.05) is 45.7 Å². The van der Waals surface area contributed by atoms with E-state index in [1.165, 1.54) is 56.6 Å². The van der Waals surface area contributed by atoms with Crippen molar-refractivity contribution in [1.82, 2.24) is 9.80 Å². The molecule has 2 aliphatic heterocycles. The Balaban J connectivity index is 1.84. The highest BCUT2D eigenvalue weighted by Gasteiger charge is 2.28. The predicted molar refractivity (Wildman–Crippen MR) is 90.0 cm³/mol. The molecule has 0 amide bonds. The Morgan fingerprint density at radius 3 is 2.52 bits per heavy atom. The van der Waals surface area contributed by atoms with Crippen LogP contribution in [0, 0.1) is 0 Å². The van der Waals surface area contributed by atoms with E-state index in [2.05, 4.69) is 60.1 Å². The fourth-order valence-corrected chi connectivity index (χ4v) is 4.05. The van der Waals surface area contributed by atoms with Crippen molar-refractivity contribution in [2.45, 2.75) is 37.8 Å². The standard InChI is InChI=1S/C18H29N3/c1-19-12-6-8-15(14-19)21(3)18-10-5-4-9-16(18)17-11-7-13-20(17)2/h4-5,9-10,15,17H,6-8,11-14H2,1-3H3. The van der Waals surface area contributed by atoms with Gasteiger partial charge in [0.1, 0.15) is 0 Å². The van der Waals surface area contributed by atoms with Crippen molar-refractivity contribution in [3.05, 3.63) is 29.8 Å². The number of hydrogen-bond donors (Lipinski definition) is 0. The van der Waals surface area contributed by atoms with Gasteiger partial charge in [-0.2, -0.15) is 0 Å². The zero-order valence-corrected chi connectivity index (χ0v) is 13.8. The predicted octanol–water partition coefficient (Wildman–Crippen LogP) is 2.98. The minimum atomic E-state index is 0.602. The summed E-state index contributed by atoms with van der Waals surface area (Å²) in [5.74, 6) is 0. The number of benzene rings is 1. The van der Waals surface area contributed by atoms with Crippen LogP contribution in [-0.2, 0) is 0 Å². The number of piperidine rings is 1. The molecule has 0 aromatic heterocycles. The second-order valence-electron chi connectivity index (χ2n) is 6.87. The molecular formula is C18H29N3. The molecule has 3 heteroatoms. The van der Waals surface area contributed by atoms with E-state index in [-0.39, 0.29) is 0 Å². The average molecular weight is 287 g/mol. The fraction of sp³-hybridized carbons (Fsp3) is 0.667. The monoisotopic (exact) mass is 287 g/mol. The van der Waals surface area contributed by atoms with Crippen LogP contribution in [0.5, 0.6) is 0 Å². The molecule has 2 aliphatic rings. The Morgan fingerprint density at radius 2 is 1.81 bits per heavy atom. The zero-order valence-electron chi connectivity index (χ0n) is 13.8. The first-order chi connectivity index (χ1) is 10.2. The SMILES string of the molecule is CN1CCCC(N(C)c2ccccc2C2CCCN2C)C1. The summed E-state index contributed by atoms with van der Waals surface area (Å²) in [6, 6.07) is 10.3. The maximum absolute atomic E-state index is 2.54. The van der Waals surface area contributed by atoms with Gasteiger partial charge in [0, 0.05) is 31.4 Å². The number of likely N-dealkylation sites (tertiary alicyclic amines) is 2. The van der Waals surface area contributed by atoms with Crippen LogP contribution >= 0.6 is 0 Å². The van der Waals surface area contributed by atoms with Gasteiger partial charge in [-0.3, -0.25) is 4.90 Å². The van der Waals surface area contributed by atoms with Crippen molar-refractivity contribution in [3.63, 3.8) is 0 Å². The molecule has 2 fully saturated rings. The highest BCUT2D eigenvalue weighted by Crippen LogP contribution is 2.37. The van der Waals surface area contributed by atoms with Crippen molar-refractivity contribution in [2.24, 2.45) is 0 Å². The van der Waals surface area contributed by atoms with Gasteiger partial charge in [0.2, 0.25) is 0 Å². The maximum atomic E-state index is 2.54. The van der Waals surface area contributed by atoms with Crippen LogP contribution in [0.4, 0.5) is 5.69 Å². The topological polar surface area (TPSA) is 9.72 Å². The summed E-state index contributed by atoms with van der Waals surface area (Å²) in [5, 5.41) is 0. The summed E-state index contributed by atoms with van der Waals surface area (Å²) < 4.78 is 0. The van der Waals surface area contributed by atoms with Gasteiger partial charge < -0.3 is 9.80 Å². The summed E-state index contributed by atoms with van der Waals surface area (Å²) in [6.45, 7) is 3.66. The van der Waals surface area contributed by atoms with Crippen LogP contribution in [0.25, 0.3) is 0 Å². The average Bonchev–Trinajstić information content (AvgIpc) is 2.92. The first kappa shape index (κ1) is 14.9. The smallest absolute Gasteiger partial charge is 0.0415 e. The largest absolute Gasteiger partial charge is 0.370 e. The van der Waals surface area contributed by atoms with E-state index in [0.717, 1.165) is 0 Å². The molecule has 21 heavy (non-hydrogen) atoms. The number of nitrogens with zero attached hydrogens (tertiary/aromatic N) is 3. The molecule has 1 aromatic carbocycles. The quantitative estimate of drug-likeness (QED) is 0.846. The van der Waals surface area contributed by atoms with Crippen molar-refractivity contribution < 1.29 is 0 Å². The lowest BCUT2D eigenvalue weighted by Crippen LogP contribution is -2.45. The molecule has 0 bridgehead atoms. The van der Waals surface area contributed by atoms with Crippen LogP contribution in [0.2, 0.25) is 0 Å².